The highest BCUT2D eigenvalue weighted by Gasteiger charge is 2.58. The third-order valence-electron chi connectivity index (χ3n) is 6.27. The van der Waals surface area contributed by atoms with Gasteiger partial charge < -0.3 is 19.9 Å². The summed E-state index contributed by atoms with van der Waals surface area (Å²) in [6.45, 7) is 5.53. The topological polar surface area (TPSA) is 57.5 Å². The molecule has 2 aliphatic carbocycles. The van der Waals surface area contributed by atoms with Crippen LogP contribution in [0.5, 0.6) is 0 Å². The molecule has 1 aromatic rings. The van der Waals surface area contributed by atoms with Gasteiger partial charge in [0.2, 0.25) is 0 Å². The Labute approximate surface area is 144 Å². The number of aliphatic hydroxyl groups is 1. The number of rotatable bonds is 4. The van der Waals surface area contributed by atoms with Crippen molar-refractivity contribution < 1.29 is 9.90 Å². The summed E-state index contributed by atoms with van der Waals surface area (Å²) in [4.78, 5) is 15.1. The molecule has 2 saturated carbocycles. The van der Waals surface area contributed by atoms with Gasteiger partial charge >= 0.3 is 0 Å². The summed E-state index contributed by atoms with van der Waals surface area (Å²) in [7, 11) is 2.16. The van der Waals surface area contributed by atoms with Crippen LogP contribution >= 0.6 is 0 Å². The normalized spacial score (nSPS) is 36.3. The van der Waals surface area contributed by atoms with E-state index in [1.807, 2.05) is 18.3 Å². The van der Waals surface area contributed by atoms with Gasteiger partial charge in [0.25, 0.3) is 5.91 Å². The van der Waals surface area contributed by atoms with Crippen molar-refractivity contribution in [2.24, 2.45) is 11.3 Å². The standard InChI is InChI=1S/C19H29N3O2/c1-12(2)17-19(11-21(17)3)9-14(16(23)10-19)20-18(24)15-5-4-8-22(15)13-6-7-13/h4-5,8,12-14,16-17,23H,6-7,9-11H2,1-3H3,(H,20,24)/t14-,16-,17?,19?/m1/s1. The largest absolute Gasteiger partial charge is 0.391 e. The molecule has 1 aromatic heterocycles. The molecular formula is C19H29N3O2. The molecule has 0 aromatic carbocycles. The molecule has 1 saturated heterocycles. The summed E-state index contributed by atoms with van der Waals surface area (Å²) in [5.74, 6) is 0.527. The van der Waals surface area contributed by atoms with Gasteiger partial charge in [-0.2, -0.15) is 0 Å². The van der Waals surface area contributed by atoms with Gasteiger partial charge in [0.05, 0.1) is 12.1 Å². The molecule has 2 heterocycles. The van der Waals surface area contributed by atoms with E-state index in [2.05, 4.69) is 35.7 Å². The van der Waals surface area contributed by atoms with Gasteiger partial charge in [0.1, 0.15) is 5.69 Å². The fourth-order valence-electron chi connectivity index (χ4n) is 5.49. The summed E-state index contributed by atoms with van der Waals surface area (Å²) in [5, 5.41) is 13.7. The molecule has 132 valence electrons. The number of aromatic nitrogens is 1. The maximum atomic E-state index is 12.7. The van der Waals surface area contributed by atoms with Crippen molar-refractivity contribution in [2.75, 3.05) is 13.6 Å². The predicted molar refractivity (Wildman–Crippen MR) is 92.9 cm³/mol. The molecule has 1 aliphatic heterocycles. The van der Waals surface area contributed by atoms with Crippen LogP contribution in [0.4, 0.5) is 0 Å². The second kappa shape index (κ2) is 5.60. The van der Waals surface area contributed by atoms with Crippen molar-refractivity contribution in [3.05, 3.63) is 24.0 Å². The smallest absolute Gasteiger partial charge is 0.268 e. The van der Waals surface area contributed by atoms with E-state index in [9.17, 15) is 9.90 Å². The fourth-order valence-corrected chi connectivity index (χ4v) is 5.49. The van der Waals surface area contributed by atoms with E-state index in [-0.39, 0.29) is 17.4 Å². The van der Waals surface area contributed by atoms with Crippen molar-refractivity contribution >= 4 is 5.91 Å². The van der Waals surface area contributed by atoms with Crippen LogP contribution < -0.4 is 5.32 Å². The Morgan fingerprint density at radius 1 is 1.38 bits per heavy atom. The molecular weight excluding hydrogens is 302 g/mol. The molecule has 1 amide bonds. The van der Waals surface area contributed by atoms with Gasteiger partial charge in [0.15, 0.2) is 0 Å². The van der Waals surface area contributed by atoms with E-state index >= 15 is 0 Å². The minimum absolute atomic E-state index is 0.0400. The lowest BCUT2D eigenvalue weighted by Gasteiger charge is -2.57. The van der Waals surface area contributed by atoms with E-state index < -0.39 is 6.10 Å². The molecule has 1 spiro atoms. The average molecular weight is 331 g/mol. The second-order valence-corrected chi connectivity index (χ2v) is 8.55. The number of amides is 1. The summed E-state index contributed by atoms with van der Waals surface area (Å²) in [5.41, 5.74) is 0.899. The molecule has 0 bridgehead atoms. The lowest BCUT2D eigenvalue weighted by molar-refractivity contribution is -0.0827. The maximum absolute atomic E-state index is 12.7. The van der Waals surface area contributed by atoms with Crippen LogP contribution in [0.2, 0.25) is 0 Å². The maximum Gasteiger partial charge on any atom is 0.268 e. The van der Waals surface area contributed by atoms with Crippen molar-refractivity contribution in [3.63, 3.8) is 0 Å². The first kappa shape index (κ1) is 16.2. The Kier molecular flexibility index (Phi) is 3.77. The highest BCUT2D eigenvalue weighted by Crippen LogP contribution is 2.52. The zero-order valence-electron chi connectivity index (χ0n) is 14.9. The van der Waals surface area contributed by atoms with Gasteiger partial charge in [-0.25, -0.2) is 0 Å². The highest BCUT2D eigenvalue weighted by molar-refractivity contribution is 5.93. The van der Waals surface area contributed by atoms with Crippen LogP contribution in [0.3, 0.4) is 0 Å². The number of hydrogen-bond donors (Lipinski definition) is 2. The minimum atomic E-state index is -0.437. The number of nitrogens with zero attached hydrogens (tertiary/aromatic N) is 2. The van der Waals surface area contributed by atoms with Crippen molar-refractivity contribution in [1.82, 2.24) is 14.8 Å². The van der Waals surface area contributed by atoms with Crippen LogP contribution in [-0.4, -0.2) is 52.3 Å². The molecule has 0 radical (unpaired) electrons. The molecule has 2 unspecified atom stereocenters. The second-order valence-electron chi connectivity index (χ2n) is 8.55. The zero-order valence-corrected chi connectivity index (χ0v) is 14.9. The molecule has 3 fully saturated rings. The van der Waals surface area contributed by atoms with Crippen molar-refractivity contribution in [2.45, 2.75) is 63.8 Å². The van der Waals surface area contributed by atoms with Gasteiger partial charge in [0, 0.05) is 30.2 Å². The van der Waals surface area contributed by atoms with Crippen LogP contribution in [0.25, 0.3) is 0 Å². The van der Waals surface area contributed by atoms with E-state index in [0.717, 1.165) is 37.9 Å². The van der Waals surface area contributed by atoms with E-state index in [0.29, 0.717) is 18.0 Å². The molecule has 4 rings (SSSR count). The van der Waals surface area contributed by atoms with E-state index in [1.54, 1.807) is 0 Å². The van der Waals surface area contributed by atoms with Gasteiger partial charge in [-0.3, -0.25) is 4.79 Å². The summed E-state index contributed by atoms with van der Waals surface area (Å²) < 4.78 is 2.08. The van der Waals surface area contributed by atoms with Crippen LogP contribution in [-0.2, 0) is 0 Å². The first-order valence-electron chi connectivity index (χ1n) is 9.27. The molecule has 4 atom stereocenters. The number of carbonyl (C=O) groups excluding carboxylic acids is 1. The quantitative estimate of drug-likeness (QED) is 0.888. The third-order valence-corrected chi connectivity index (χ3v) is 6.27. The number of nitrogens with one attached hydrogen (secondary N) is 1. The first-order chi connectivity index (χ1) is 11.4. The van der Waals surface area contributed by atoms with Gasteiger partial charge in [-0.05, 0) is 50.8 Å². The van der Waals surface area contributed by atoms with E-state index in [4.69, 9.17) is 0 Å². The summed E-state index contributed by atoms with van der Waals surface area (Å²) in [6, 6.07) is 4.69. The monoisotopic (exact) mass is 331 g/mol. The molecule has 5 heteroatoms. The summed E-state index contributed by atoms with van der Waals surface area (Å²) >= 11 is 0. The fraction of sp³-hybridized carbons (Fsp3) is 0.737. The SMILES string of the molecule is CC(C)C1N(C)CC12C[C@@H](O)[C@H](NC(=O)c1cccn1C1CC1)C2. The first-order valence-corrected chi connectivity index (χ1v) is 9.27. The lowest BCUT2D eigenvalue weighted by atomic mass is 9.66. The van der Waals surface area contributed by atoms with Gasteiger partial charge in [-0.1, -0.05) is 13.8 Å². The molecule has 2 N–H and O–H groups in total. The van der Waals surface area contributed by atoms with Crippen molar-refractivity contribution in [3.8, 4) is 0 Å². The molecule has 5 nitrogen and oxygen atoms in total. The Morgan fingerprint density at radius 3 is 2.75 bits per heavy atom. The zero-order chi connectivity index (χ0) is 17.1. The Balaban J connectivity index is 1.45. The van der Waals surface area contributed by atoms with Gasteiger partial charge in [-0.15, -0.1) is 0 Å². The van der Waals surface area contributed by atoms with Crippen LogP contribution in [0.1, 0.15) is 56.1 Å². The van der Waals surface area contributed by atoms with Crippen LogP contribution in [0, 0.1) is 11.3 Å². The summed E-state index contributed by atoms with van der Waals surface area (Å²) in [6.07, 6.45) is 5.56. The number of hydrogen-bond acceptors (Lipinski definition) is 3. The number of carbonyl (C=O) groups is 1. The van der Waals surface area contributed by atoms with E-state index in [1.165, 1.54) is 0 Å². The lowest BCUT2D eigenvalue weighted by Crippen LogP contribution is -2.64. The Morgan fingerprint density at radius 2 is 2.12 bits per heavy atom. The number of likely N-dealkylation sites (tertiary alicyclic amines) is 1. The number of aliphatic hydroxyl groups excluding tert-OH is 1. The third kappa shape index (κ3) is 2.49. The highest BCUT2D eigenvalue weighted by atomic mass is 16.3. The average Bonchev–Trinajstić information content (AvgIpc) is 3.11. The molecule has 24 heavy (non-hydrogen) atoms. The Bertz CT molecular complexity index is 632. The Hall–Kier alpha value is -1.33. The molecule has 3 aliphatic rings. The minimum Gasteiger partial charge on any atom is -0.391 e. The van der Waals surface area contributed by atoms with Crippen molar-refractivity contribution in [1.29, 1.82) is 0 Å². The predicted octanol–water partition coefficient (Wildman–Crippen LogP) is 2.03. The van der Waals surface area contributed by atoms with Crippen LogP contribution in [0.15, 0.2) is 18.3 Å².